The molecule has 4 aromatic rings. The van der Waals surface area contributed by atoms with E-state index < -0.39 is 165 Å². The number of likely N-dealkylation sites (N-methyl/N-ethyl adjacent to an activating group) is 4. The van der Waals surface area contributed by atoms with Crippen molar-refractivity contribution in [3.63, 3.8) is 0 Å². The molecule has 8 bridgehead atoms. The molecule has 8 heterocycles. The molecule has 15 N–H and O–H groups in total. The number of phenolic OH excluding ortho intramolecular Hbond substituents is 4. The van der Waals surface area contributed by atoms with E-state index >= 15 is 0 Å². The van der Waals surface area contributed by atoms with Crippen LogP contribution in [-0.4, -0.2) is 313 Å². The molecule has 40 heteroatoms. The number of piperidine rings is 4. The van der Waals surface area contributed by atoms with E-state index in [1.54, 1.807) is 42.5 Å². The van der Waals surface area contributed by atoms with E-state index in [1.807, 2.05) is 46.4 Å². The normalized spacial score (nSPS) is 31.5. The molecule has 138 heavy (non-hydrogen) atoms. The standard InChI is InChI=1S/C25H29NO10.C25H27NO8.C24H26N2O8.C24H25NO9/c1-11(22(31)32)9-14(28)18(29)19(30)23(33)35-15-5-6-25(34)16-10-12-3-4-13(27)20-17(12)24(25,21(15)36-20)7-8-26(16)2;1-26-12-11-24-21-14-5-7-16(28)22(21)34-23(24)17(9-10-25(24,32)18(26)13-14)33-20(31)8-6-15(27)3-2-4-19(29)30;1-26-11-9-23-20-13-2-3-14(27)21(20)34-22(23)15(6-8-24(23,32)16(26)12-13)33-19(31)7-10-25-17(28)4-5-18(29)30;1-12(32-18(29)6-5-17(27)28)22(30)33-15-7-8-24(31)16-11-13-3-4-14(26)20-19(13)23(24,21(15)34-20)9-10-25(16)2/h3-5,11,16,18-19,21,27,29-30,34H,6-10H2,1-2H3,(H,31,32);5-9,18,23,28,32H,2-4,10-13H2,1H3,(H,29,30);2-6,16,22,27,32H,7-12H2,1H3,(H,25,28)(H,29,30);3-7,12,16,21,26,31H,8-11H2,1-2H3,(H,27,28)/b;8-6+;5-4+;6-5+/t11-,16-,18-,19+,21?,24?,25-;18-,23?,24?,25-;16-,22?,23?,24-;12-,16+,21?,23?,24+/m1110/s1. The average Bonchev–Trinajstić information content (AvgIpc) is 1.48. The number of esters is 5. The monoisotopic (exact) mass is 1910 g/mol. The fourth-order valence-corrected chi connectivity index (χ4v) is 24.8. The van der Waals surface area contributed by atoms with Gasteiger partial charge in [0.1, 0.15) is 29.1 Å². The number of phenols is 4. The van der Waals surface area contributed by atoms with Gasteiger partial charge < -0.3 is 139 Å². The Bertz CT molecular complexity index is 6050. The summed E-state index contributed by atoms with van der Waals surface area (Å²) in [6.45, 7) is 5.29. The lowest BCUT2D eigenvalue weighted by molar-refractivity contribution is -0.175. The zero-order valence-electron chi connectivity index (χ0n) is 76.0. The molecule has 0 saturated carbocycles. The van der Waals surface area contributed by atoms with E-state index in [0.29, 0.717) is 118 Å². The molecule has 0 aromatic heterocycles. The number of allylic oxidation sites excluding steroid dienone is 1. The van der Waals surface area contributed by atoms with Crippen LogP contribution in [0.2, 0.25) is 0 Å². The Labute approximate surface area is 787 Å². The van der Waals surface area contributed by atoms with Crippen molar-refractivity contribution >= 4 is 71.2 Å². The summed E-state index contributed by atoms with van der Waals surface area (Å²) in [5.41, 5.74) is -1.35. The lowest BCUT2D eigenvalue weighted by atomic mass is 9.50. The van der Waals surface area contributed by atoms with Crippen LogP contribution in [0.25, 0.3) is 0 Å². The van der Waals surface area contributed by atoms with Gasteiger partial charge in [0, 0.05) is 128 Å². The first-order chi connectivity index (χ1) is 65.3. The Morgan fingerprint density at radius 3 is 1.14 bits per heavy atom. The quantitative estimate of drug-likeness (QED) is 0.0257. The van der Waals surface area contributed by atoms with Gasteiger partial charge in [0.05, 0.1) is 56.4 Å². The molecule has 16 aliphatic rings. The molecule has 4 saturated heterocycles. The van der Waals surface area contributed by atoms with Crippen molar-refractivity contribution in [2.45, 2.75) is 234 Å². The zero-order chi connectivity index (χ0) is 99.1. The lowest BCUT2D eigenvalue weighted by Gasteiger charge is -2.61. The number of Topliss-reactive ketones (excluding diaryl/α,β-unsaturated/α-hetero) is 1. The minimum Gasteiger partial charge on any atom is -0.504 e. The minimum absolute atomic E-state index is 0.00836. The first-order valence-corrected chi connectivity index (χ1v) is 45.6. The number of likely N-dealkylation sites (tertiary alicyclic amines) is 4. The van der Waals surface area contributed by atoms with Gasteiger partial charge in [-0.15, -0.1) is 0 Å². The molecule has 40 nitrogen and oxygen atoms in total. The number of carbonyl (C=O) groups excluding carboxylic acids is 8. The summed E-state index contributed by atoms with van der Waals surface area (Å²) < 4.78 is 52.0. The average molecular weight is 1910 g/mol. The number of ketones is 2. The van der Waals surface area contributed by atoms with Gasteiger partial charge in [-0.1, -0.05) is 31.2 Å². The minimum atomic E-state index is -2.25. The Morgan fingerprint density at radius 1 is 0.435 bits per heavy atom. The van der Waals surface area contributed by atoms with Gasteiger partial charge in [-0.3, -0.25) is 28.8 Å². The number of aromatic hydroxyl groups is 4. The van der Waals surface area contributed by atoms with Crippen LogP contribution < -0.4 is 24.3 Å². The number of rotatable bonds is 25. The topological polar surface area (TPSA) is 596 Å². The van der Waals surface area contributed by atoms with E-state index in [2.05, 4.69) is 24.9 Å². The molecule has 20 atom stereocenters. The Kier molecular flexibility index (Phi) is 25.1. The van der Waals surface area contributed by atoms with Crippen molar-refractivity contribution in [2.75, 3.05) is 60.9 Å². The lowest BCUT2D eigenvalue weighted by Crippen LogP contribution is -2.74. The number of aliphatic hydroxyl groups excluding tert-OH is 2. The zero-order valence-corrected chi connectivity index (χ0v) is 76.0. The van der Waals surface area contributed by atoms with Gasteiger partial charge in [-0.05, 0) is 196 Å². The maximum atomic E-state index is 12.8. The molecular weight excluding hydrogens is 1810 g/mol. The van der Waals surface area contributed by atoms with E-state index in [0.717, 1.165) is 63.7 Å². The van der Waals surface area contributed by atoms with Gasteiger partial charge in [0.15, 0.2) is 94.2 Å². The van der Waals surface area contributed by atoms with Crippen molar-refractivity contribution in [3.05, 3.63) is 177 Å². The molecule has 8 aliphatic heterocycles. The largest absolute Gasteiger partial charge is 0.504 e. The highest BCUT2D eigenvalue weighted by Gasteiger charge is 2.77. The summed E-state index contributed by atoms with van der Waals surface area (Å²) in [5.74, 6) is -10.7. The number of carboxylic acid groups (broad SMARTS) is 4. The number of hydrogen-bond donors (Lipinski definition) is 15. The Morgan fingerprint density at radius 2 is 0.783 bits per heavy atom. The number of carboxylic acids is 4. The smallest absolute Gasteiger partial charge is 0.352 e. The highest BCUT2D eigenvalue weighted by Crippen LogP contribution is 2.71. The number of aliphatic hydroxyl groups is 6. The highest BCUT2D eigenvalue weighted by atomic mass is 16.6. The number of benzene rings is 4. The summed E-state index contributed by atoms with van der Waals surface area (Å²) in [4.78, 5) is 149. The molecule has 0 radical (unpaired) electrons. The van der Waals surface area contributed by atoms with Crippen LogP contribution in [0, 0.1) is 5.92 Å². The predicted molar refractivity (Wildman–Crippen MR) is 472 cm³/mol. The van der Waals surface area contributed by atoms with Crippen molar-refractivity contribution < 1.29 is 172 Å². The number of nitrogens with zero attached hydrogens (tertiary/aromatic N) is 4. The molecule has 8 aliphatic carbocycles. The van der Waals surface area contributed by atoms with Gasteiger partial charge >= 0.3 is 53.7 Å². The summed E-state index contributed by atoms with van der Waals surface area (Å²) in [7, 11) is 7.89. The summed E-state index contributed by atoms with van der Waals surface area (Å²) in [6, 6.07) is 13.0. The molecule has 4 aromatic carbocycles. The summed E-state index contributed by atoms with van der Waals surface area (Å²) >= 11 is 0. The molecular formula is C98H107N5O35. The number of amides is 1. The SMILES string of the molecule is CN1CCC23c4c5ccc(O)c4OC2C(OC(=O)/C=C/C(=O)CCCC(=O)O)=CC[C@@]3(O)[C@H]1C5.CN1CCC23c4c5ccc(O)c4OC2C(OC(=O)CCNC(=O)/C=C/C(=O)O)=CC[C@@]3(O)[C@H]1C5.C[C@H](CC(=O)[C@@H](O)[C@H](O)C(=O)OC1=CC[C@@]2(O)[C@H]3Cc4ccc(O)c5c4C2(CCN3C)C1O5)C(=O)O.C[C@H](OC(=O)/C=C/C(=O)O)C(=O)OC1=CC[C@@]2(O)[C@H]3Cc4ccc(O)c5c4C2(CCN3C)C1O5. The molecule has 1 amide bonds. The maximum absolute atomic E-state index is 12.8. The van der Waals surface area contributed by atoms with Gasteiger partial charge in [-0.2, -0.15) is 0 Å². The van der Waals surface area contributed by atoms with Gasteiger partial charge in [0.2, 0.25) is 5.91 Å². The van der Waals surface area contributed by atoms with Crippen LogP contribution in [0.15, 0.2) is 132 Å². The number of hydrogen-bond acceptors (Lipinski definition) is 35. The summed E-state index contributed by atoms with van der Waals surface area (Å²) in [6.07, 6.45) is 7.18. The second-order valence-corrected chi connectivity index (χ2v) is 38.5. The molecule has 734 valence electrons. The van der Waals surface area contributed by atoms with Crippen molar-refractivity contribution in [3.8, 4) is 46.0 Å². The maximum Gasteiger partial charge on any atom is 0.352 e. The van der Waals surface area contributed by atoms with E-state index in [1.165, 1.54) is 26.0 Å². The van der Waals surface area contributed by atoms with Crippen LogP contribution in [-0.2, 0) is 129 Å². The van der Waals surface area contributed by atoms with Crippen LogP contribution in [0.1, 0.15) is 142 Å². The molecule has 8 unspecified atom stereocenters. The fourth-order valence-electron chi connectivity index (χ4n) is 24.8. The molecule has 20 rings (SSSR count). The van der Waals surface area contributed by atoms with Gasteiger partial charge in [-0.25, -0.2) is 28.8 Å². The van der Waals surface area contributed by atoms with Crippen molar-refractivity contribution in [1.29, 1.82) is 0 Å². The third-order valence-corrected chi connectivity index (χ3v) is 31.3. The van der Waals surface area contributed by atoms with Crippen molar-refractivity contribution in [1.82, 2.24) is 24.9 Å². The molecule has 4 fully saturated rings. The van der Waals surface area contributed by atoms with Crippen LogP contribution in [0.4, 0.5) is 0 Å². The molecule has 4 spiro atoms. The first-order valence-electron chi connectivity index (χ1n) is 45.6. The summed E-state index contributed by atoms with van der Waals surface area (Å²) in [5, 5.41) is 148. The third-order valence-electron chi connectivity index (χ3n) is 31.3. The Balaban J connectivity index is 0.000000127. The third kappa shape index (κ3) is 15.3. The van der Waals surface area contributed by atoms with Crippen LogP contribution >= 0.6 is 0 Å². The number of aliphatic carboxylic acids is 4. The second kappa shape index (κ2) is 35.8. The predicted octanol–water partition coefficient (Wildman–Crippen LogP) is 2.35. The fraction of sp³-hybridized carbons (Fsp3) is 0.490. The van der Waals surface area contributed by atoms with Crippen molar-refractivity contribution in [2.24, 2.45) is 5.92 Å². The van der Waals surface area contributed by atoms with E-state index in [4.69, 9.17) is 63.1 Å². The van der Waals surface area contributed by atoms with Crippen LogP contribution in [0.5, 0.6) is 46.0 Å². The van der Waals surface area contributed by atoms with E-state index in [9.17, 15) is 109 Å². The Hall–Kier alpha value is -12.9. The van der Waals surface area contributed by atoms with E-state index in [-0.39, 0.29) is 134 Å². The highest BCUT2D eigenvalue weighted by molar-refractivity contribution is 5.97. The van der Waals surface area contributed by atoms with Gasteiger partial charge in [0.25, 0.3) is 0 Å². The van der Waals surface area contributed by atoms with Crippen LogP contribution in [0.3, 0.4) is 0 Å². The number of ether oxygens (including phenoxy) is 9. The first kappa shape index (κ1) is 96.8. The second-order valence-electron chi connectivity index (χ2n) is 38.5. The number of carbonyl (C=O) groups is 12. The number of nitrogens with one attached hydrogen (secondary N) is 1.